The largest absolute Gasteiger partial charge is 0.479 e. The van der Waals surface area contributed by atoms with E-state index in [4.69, 9.17) is 18.9 Å². The maximum Gasteiger partial charge on any atom is 0.335 e. The number of carbonyl (C=O) groups is 8. The molecule has 6 amide bonds. The Balaban J connectivity index is 1.73. The Hall–Kier alpha value is -5.48. The predicted molar refractivity (Wildman–Crippen MR) is 166 cm³/mol. The minimum atomic E-state index is -2.00. The molecule has 1 unspecified atom stereocenters. The van der Waals surface area contributed by atoms with Gasteiger partial charge in [-0.15, -0.1) is 0 Å². The summed E-state index contributed by atoms with van der Waals surface area (Å²) in [6.45, 7) is -0.985. The molecule has 1 fully saturated rings. The summed E-state index contributed by atoms with van der Waals surface area (Å²) in [4.78, 5) is 98.0. The van der Waals surface area contributed by atoms with Gasteiger partial charge in [-0.2, -0.15) is 0 Å². The lowest BCUT2D eigenvalue weighted by atomic mass is 9.99. The molecule has 6 atom stereocenters. The van der Waals surface area contributed by atoms with E-state index in [9.17, 15) is 58.8 Å². The number of anilines is 1. The zero-order chi connectivity index (χ0) is 37.8. The molecule has 21 heteroatoms. The summed E-state index contributed by atoms with van der Waals surface area (Å²) in [5, 5.41) is 49.2. The van der Waals surface area contributed by atoms with Crippen LogP contribution in [0.25, 0.3) is 0 Å². The van der Waals surface area contributed by atoms with E-state index >= 15 is 0 Å². The maximum atomic E-state index is 13.1. The van der Waals surface area contributed by atoms with Crippen LogP contribution in [0.3, 0.4) is 0 Å². The number of amides is 6. The summed E-state index contributed by atoms with van der Waals surface area (Å²) in [5.41, 5.74) is 0.157. The van der Waals surface area contributed by atoms with Crippen molar-refractivity contribution in [3.63, 3.8) is 0 Å². The summed E-state index contributed by atoms with van der Waals surface area (Å²) >= 11 is 0. The number of esters is 1. The molecule has 2 heterocycles. The van der Waals surface area contributed by atoms with E-state index in [2.05, 4.69) is 21.3 Å². The third-order valence-electron chi connectivity index (χ3n) is 7.13. The molecule has 51 heavy (non-hydrogen) atoms. The lowest BCUT2D eigenvalue weighted by molar-refractivity contribution is -0.271. The number of hydrogen-bond donors (Lipinski definition) is 8. The lowest BCUT2D eigenvalue weighted by Crippen LogP contribution is -2.61. The number of benzene rings is 1. The molecule has 2 aliphatic rings. The zero-order valence-electron chi connectivity index (χ0n) is 27.2. The van der Waals surface area contributed by atoms with Crippen LogP contribution in [0, 0.1) is 0 Å². The van der Waals surface area contributed by atoms with Crippen molar-refractivity contribution < 1.29 is 77.7 Å². The highest BCUT2D eigenvalue weighted by Crippen LogP contribution is 2.31. The van der Waals surface area contributed by atoms with Crippen LogP contribution in [0.2, 0.25) is 0 Å². The Morgan fingerprint density at radius 3 is 2.25 bits per heavy atom. The van der Waals surface area contributed by atoms with E-state index in [1.54, 1.807) is 0 Å². The average Bonchev–Trinajstić information content (AvgIpc) is 3.39. The van der Waals surface area contributed by atoms with E-state index < -0.39 is 104 Å². The zero-order valence-corrected chi connectivity index (χ0v) is 27.2. The molecular formula is C30H37N5O16. The maximum absolute atomic E-state index is 13.1. The molecule has 1 saturated heterocycles. The van der Waals surface area contributed by atoms with Gasteiger partial charge < -0.3 is 60.6 Å². The number of carbonyl (C=O) groups excluding carboxylic acids is 7. The molecule has 0 radical (unpaired) electrons. The average molecular weight is 724 g/mol. The number of carboxylic acids is 1. The summed E-state index contributed by atoms with van der Waals surface area (Å²) in [7, 11) is 1.37. The number of hydrogen-bond acceptors (Lipinski definition) is 15. The van der Waals surface area contributed by atoms with Gasteiger partial charge in [-0.3, -0.25) is 38.5 Å². The number of aliphatic hydroxyl groups is 3. The highest BCUT2D eigenvalue weighted by molar-refractivity contribution is 6.14. The minimum absolute atomic E-state index is 0.0592. The Kier molecular flexibility index (Phi) is 14.5. The van der Waals surface area contributed by atoms with Crippen molar-refractivity contribution >= 4 is 53.1 Å². The fourth-order valence-electron chi connectivity index (χ4n) is 4.49. The van der Waals surface area contributed by atoms with Gasteiger partial charge in [0.25, 0.3) is 11.8 Å². The van der Waals surface area contributed by atoms with Crippen LogP contribution in [0.4, 0.5) is 5.69 Å². The monoisotopic (exact) mass is 723 g/mol. The standard InChI is InChI=1S/C30H37N5O16/c1-14(36)49-13-15-3-4-18(50-30-26(44)24(42)25(43)27(51-30)29(46)47)16(9-15)33-20(38)11-32-28(45)17(10-31-19(37)7-8-48-2)34-21(39)12-35-22(40)5-6-23(35)41/h3-6,9,17,24-27,30,42-44H,7-8,10-13H2,1-2H3,(H,31,37)(H,32,45)(H,33,38)(H,34,39)(H,46,47)/t17?,24-,25-,26+,27-,30+/m0/s1. The van der Waals surface area contributed by atoms with Crippen molar-refractivity contribution in [2.24, 2.45) is 0 Å². The van der Waals surface area contributed by atoms with Crippen molar-refractivity contribution in [1.82, 2.24) is 20.9 Å². The second kappa shape index (κ2) is 18.5. The number of methoxy groups -OCH3 is 1. The predicted octanol–water partition coefficient (Wildman–Crippen LogP) is -4.36. The second-order valence-electron chi connectivity index (χ2n) is 11.0. The first-order valence-electron chi connectivity index (χ1n) is 15.1. The third-order valence-corrected chi connectivity index (χ3v) is 7.13. The normalized spacial score (nSPS) is 21.7. The molecule has 0 saturated carbocycles. The van der Waals surface area contributed by atoms with E-state index in [0.29, 0.717) is 10.5 Å². The van der Waals surface area contributed by atoms with E-state index in [-0.39, 0.29) is 31.1 Å². The number of aliphatic hydroxyl groups excluding tert-OH is 3. The van der Waals surface area contributed by atoms with Gasteiger partial charge in [-0.1, -0.05) is 6.07 Å². The fourth-order valence-corrected chi connectivity index (χ4v) is 4.49. The lowest BCUT2D eigenvalue weighted by Gasteiger charge is -2.38. The van der Waals surface area contributed by atoms with Crippen molar-refractivity contribution in [2.45, 2.75) is 56.7 Å². The number of imide groups is 1. The molecular weight excluding hydrogens is 686 g/mol. The number of aliphatic carboxylic acids is 1. The van der Waals surface area contributed by atoms with Gasteiger partial charge in [-0.25, -0.2) is 4.79 Å². The van der Waals surface area contributed by atoms with Gasteiger partial charge in [0.15, 0.2) is 6.10 Å². The first-order valence-corrected chi connectivity index (χ1v) is 15.1. The van der Waals surface area contributed by atoms with Crippen LogP contribution < -0.4 is 26.0 Å². The Morgan fingerprint density at radius 2 is 1.63 bits per heavy atom. The van der Waals surface area contributed by atoms with Crippen LogP contribution in [-0.2, 0) is 59.2 Å². The van der Waals surface area contributed by atoms with Crippen molar-refractivity contribution in [1.29, 1.82) is 0 Å². The van der Waals surface area contributed by atoms with Gasteiger partial charge in [0.1, 0.15) is 43.3 Å². The van der Waals surface area contributed by atoms with Crippen LogP contribution in [0.5, 0.6) is 5.75 Å². The first kappa shape index (κ1) is 40.0. The van der Waals surface area contributed by atoms with E-state index in [0.717, 1.165) is 19.1 Å². The van der Waals surface area contributed by atoms with Crippen molar-refractivity contribution in [2.75, 3.05) is 38.7 Å². The summed E-state index contributed by atoms with van der Waals surface area (Å²) in [5.74, 6) is -7.38. The van der Waals surface area contributed by atoms with Crippen molar-refractivity contribution in [3.8, 4) is 5.75 Å². The number of carboxylic acid groups (broad SMARTS) is 1. The van der Waals surface area contributed by atoms with Crippen molar-refractivity contribution in [3.05, 3.63) is 35.9 Å². The third kappa shape index (κ3) is 11.5. The topological polar surface area (TPSA) is 306 Å². The van der Waals surface area contributed by atoms with Crippen LogP contribution >= 0.6 is 0 Å². The van der Waals surface area contributed by atoms with Gasteiger partial charge in [0, 0.05) is 39.2 Å². The molecule has 278 valence electrons. The second-order valence-corrected chi connectivity index (χ2v) is 11.0. The highest BCUT2D eigenvalue weighted by Gasteiger charge is 2.48. The molecule has 8 N–H and O–H groups in total. The smallest absolute Gasteiger partial charge is 0.335 e. The summed E-state index contributed by atoms with van der Waals surface area (Å²) in [6, 6.07) is 2.41. The summed E-state index contributed by atoms with van der Waals surface area (Å²) in [6.07, 6.45) is -7.94. The molecule has 3 rings (SSSR count). The molecule has 0 aromatic heterocycles. The van der Waals surface area contributed by atoms with Crippen LogP contribution in [-0.4, -0.2) is 143 Å². The van der Waals surface area contributed by atoms with Crippen LogP contribution in [0.15, 0.2) is 30.4 Å². The molecule has 2 aliphatic heterocycles. The first-order chi connectivity index (χ1) is 24.1. The van der Waals surface area contributed by atoms with Gasteiger partial charge >= 0.3 is 11.9 Å². The fraction of sp³-hybridized carbons (Fsp3) is 0.467. The Morgan fingerprint density at radius 1 is 0.941 bits per heavy atom. The van der Waals surface area contributed by atoms with Gasteiger partial charge in [-0.05, 0) is 17.7 Å². The van der Waals surface area contributed by atoms with E-state index in [1.807, 2.05) is 0 Å². The molecule has 1 aromatic carbocycles. The van der Waals surface area contributed by atoms with E-state index in [1.165, 1.54) is 25.3 Å². The quantitative estimate of drug-likeness (QED) is 0.0556. The SMILES string of the molecule is COCCC(=O)NCC(NC(=O)CN1C(=O)C=CC1=O)C(=O)NCC(=O)Nc1cc(COC(C)=O)ccc1O[C@@H]1O[C@H](C(=O)O)[C@@H](O)[C@H](O)[C@H]1O. The number of rotatable bonds is 17. The summed E-state index contributed by atoms with van der Waals surface area (Å²) < 4.78 is 20.5. The highest BCUT2D eigenvalue weighted by atomic mass is 16.7. The molecule has 1 aromatic rings. The van der Waals surface area contributed by atoms with Gasteiger partial charge in [0.05, 0.1) is 18.8 Å². The molecule has 0 spiro atoms. The molecule has 21 nitrogen and oxygen atoms in total. The number of nitrogens with one attached hydrogen (secondary N) is 4. The number of ether oxygens (including phenoxy) is 4. The van der Waals surface area contributed by atoms with Gasteiger partial charge in [0.2, 0.25) is 29.9 Å². The Labute approximate surface area is 288 Å². The minimum Gasteiger partial charge on any atom is -0.479 e. The Bertz CT molecular complexity index is 1530. The molecule has 0 aliphatic carbocycles. The molecule has 0 bridgehead atoms. The van der Waals surface area contributed by atoms with Crippen LogP contribution in [0.1, 0.15) is 18.9 Å². The number of nitrogens with zero attached hydrogens (tertiary/aromatic N) is 1.